The molecular weight excluding hydrogens is 240 g/mol. The molecule has 4 nitrogen and oxygen atoms in total. The first-order valence-corrected chi connectivity index (χ1v) is 5.58. The first-order chi connectivity index (χ1) is 8.15. The van der Waals surface area contributed by atoms with Crippen LogP contribution in [0.1, 0.15) is 17.4 Å². The van der Waals surface area contributed by atoms with Gasteiger partial charge in [0.2, 0.25) is 0 Å². The van der Waals surface area contributed by atoms with E-state index in [1.54, 1.807) is 0 Å². The van der Waals surface area contributed by atoms with Gasteiger partial charge in [-0.25, -0.2) is 4.79 Å². The average Bonchev–Trinajstić information content (AvgIpc) is 2.67. The van der Waals surface area contributed by atoms with Crippen LogP contribution in [0.4, 0.5) is 0 Å². The molecule has 0 bridgehead atoms. The second-order valence-electron chi connectivity index (χ2n) is 3.50. The van der Waals surface area contributed by atoms with Gasteiger partial charge in [0.25, 0.3) is 0 Å². The highest BCUT2D eigenvalue weighted by Gasteiger charge is 2.21. The summed E-state index contributed by atoms with van der Waals surface area (Å²) in [4.78, 5) is 11.1. The summed E-state index contributed by atoms with van der Waals surface area (Å²) in [5.41, 5.74) is 1.22. The molecule has 1 heterocycles. The Balaban J connectivity index is 2.67. The van der Waals surface area contributed by atoms with Crippen LogP contribution in [0.15, 0.2) is 30.3 Å². The van der Waals surface area contributed by atoms with Crippen LogP contribution in [0, 0.1) is 0 Å². The number of halogens is 1. The fraction of sp³-hybridized carbons (Fsp3) is 0.167. The first kappa shape index (κ1) is 11.7. The first-order valence-electron chi connectivity index (χ1n) is 5.20. The maximum atomic E-state index is 11.1. The number of aryl methyl sites for hydroxylation is 1. The fourth-order valence-electron chi connectivity index (χ4n) is 1.66. The van der Waals surface area contributed by atoms with Crippen LogP contribution in [0.3, 0.4) is 0 Å². The molecule has 0 aliphatic heterocycles. The highest BCUT2D eigenvalue weighted by molar-refractivity contribution is 6.33. The van der Waals surface area contributed by atoms with E-state index >= 15 is 0 Å². The van der Waals surface area contributed by atoms with Crippen molar-refractivity contribution in [3.63, 3.8) is 0 Å². The topological polar surface area (TPSA) is 55.1 Å². The van der Waals surface area contributed by atoms with Crippen LogP contribution < -0.4 is 0 Å². The number of hydrogen-bond donors (Lipinski definition) is 1. The molecule has 2 aromatic rings. The number of nitrogens with zero attached hydrogens (tertiary/aromatic N) is 2. The molecule has 0 fully saturated rings. The number of aromatic nitrogens is 2. The van der Waals surface area contributed by atoms with Crippen LogP contribution in [0.25, 0.3) is 11.1 Å². The van der Waals surface area contributed by atoms with Gasteiger partial charge in [-0.2, -0.15) is 5.10 Å². The number of aromatic carboxylic acids is 1. The van der Waals surface area contributed by atoms with Gasteiger partial charge in [0.05, 0.1) is 5.56 Å². The zero-order valence-electron chi connectivity index (χ0n) is 9.22. The predicted molar refractivity (Wildman–Crippen MR) is 65.3 cm³/mol. The van der Waals surface area contributed by atoms with Crippen molar-refractivity contribution in [3.05, 3.63) is 41.2 Å². The Hall–Kier alpha value is -1.81. The van der Waals surface area contributed by atoms with E-state index in [0.717, 1.165) is 5.56 Å². The molecule has 5 heteroatoms. The molecule has 0 saturated carbocycles. The minimum Gasteiger partial charge on any atom is -0.476 e. The number of hydrogen-bond acceptors (Lipinski definition) is 2. The van der Waals surface area contributed by atoms with Crippen LogP contribution in [0.2, 0.25) is 5.15 Å². The van der Waals surface area contributed by atoms with Gasteiger partial charge in [0.15, 0.2) is 5.69 Å². The van der Waals surface area contributed by atoms with E-state index in [1.165, 1.54) is 4.68 Å². The second-order valence-corrected chi connectivity index (χ2v) is 3.86. The van der Waals surface area contributed by atoms with E-state index < -0.39 is 5.97 Å². The number of benzene rings is 1. The third-order valence-corrected chi connectivity index (χ3v) is 2.84. The normalized spacial score (nSPS) is 10.5. The third kappa shape index (κ3) is 2.03. The van der Waals surface area contributed by atoms with Crippen molar-refractivity contribution < 1.29 is 9.90 Å². The summed E-state index contributed by atoms with van der Waals surface area (Å²) in [6, 6.07) is 9.16. The Morgan fingerprint density at radius 1 is 1.41 bits per heavy atom. The summed E-state index contributed by atoms with van der Waals surface area (Å²) in [6.45, 7) is 2.39. The van der Waals surface area contributed by atoms with Crippen LogP contribution in [-0.2, 0) is 6.54 Å². The number of carbonyl (C=O) groups is 1. The Kier molecular flexibility index (Phi) is 3.15. The summed E-state index contributed by atoms with van der Waals surface area (Å²) in [7, 11) is 0. The van der Waals surface area contributed by atoms with E-state index in [2.05, 4.69) is 5.10 Å². The molecule has 0 unspecified atom stereocenters. The van der Waals surface area contributed by atoms with Crippen LogP contribution >= 0.6 is 11.6 Å². The van der Waals surface area contributed by atoms with E-state index in [-0.39, 0.29) is 5.69 Å². The molecule has 0 amide bonds. The summed E-state index contributed by atoms with van der Waals surface area (Å²) < 4.78 is 1.48. The van der Waals surface area contributed by atoms with E-state index in [1.807, 2.05) is 37.3 Å². The van der Waals surface area contributed by atoms with Gasteiger partial charge in [-0.15, -0.1) is 0 Å². The maximum absolute atomic E-state index is 11.1. The molecule has 0 atom stereocenters. The lowest BCUT2D eigenvalue weighted by atomic mass is 10.1. The van der Waals surface area contributed by atoms with Gasteiger partial charge >= 0.3 is 5.97 Å². The fourth-order valence-corrected chi connectivity index (χ4v) is 2.02. The average molecular weight is 251 g/mol. The molecule has 1 aromatic carbocycles. The summed E-state index contributed by atoms with van der Waals surface area (Å²) in [5, 5.41) is 13.5. The molecule has 2 rings (SSSR count). The third-order valence-electron chi connectivity index (χ3n) is 2.45. The van der Waals surface area contributed by atoms with Crippen molar-refractivity contribution in [2.75, 3.05) is 0 Å². The van der Waals surface area contributed by atoms with Gasteiger partial charge in [0, 0.05) is 6.54 Å². The van der Waals surface area contributed by atoms with Gasteiger partial charge in [-0.05, 0) is 12.5 Å². The highest BCUT2D eigenvalue weighted by Crippen LogP contribution is 2.31. The van der Waals surface area contributed by atoms with Gasteiger partial charge in [-0.1, -0.05) is 41.9 Å². The van der Waals surface area contributed by atoms with Gasteiger partial charge < -0.3 is 5.11 Å². The Bertz CT molecular complexity index is 549. The predicted octanol–water partition coefficient (Wildman–Crippen LogP) is 2.92. The molecular formula is C12H11ClN2O2. The van der Waals surface area contributed by atoms with Crippen molar-refractivity contribution in [1.82, 2.24) is 9.78 Å². The zero-order valence-corrected chi connectivity index (χ0v) is 9.98. The van der Waals surface area contributed by atoms with Crippen LogP contribution in [0.5, 0.6) is 0 Å². The van der Waals surface area contributed by atoms with Crippen LogP contribution in [-0.4, -0.2) is 20.9 Å². The van der Waals surface area contributed by atoms with E-state index in [0.29, 0.717) is 17.3 Å². The standard InChI is InChI=1S/C12H11ClN2O2/c1-2-15-11(13)9(10(14-15)12(16)17)8-6-4-3-5-7-8/h3-7H,2H2,1H3,(H,16,17). The summed E-state index contributed by atoms with van der Waals surface area (Å²) in [5.74, 6) is -1.07. The molecule has 0 saturated heterocycles. The molecule has 17 heavy (non-hydrogen) atoms. The molecule has 1 N–H and O–H groups in total. The molecule has 1 aromatic heterocycles. The van der Waals surface area contributed by atoms with E-state index in [9.17, 15) is 4.79 Å². The Morgan fingerprint density at radius 3 is 2.59 bits per heavy atom. The molecule has 0 radical (unpaired) electrons. The van der Waals surface area contributed by atoms with Crippen molar-refractivity contribution in [2.45, 2.75) is 13.5 Å². The van der Waals surface area contributed by atoms with Gasteiger partial charge in [0.1, 0.15) is 5.15 Å². The summed E-state index contributed by atoms with van der Waals surface area (Å²) in [6.07, 6.45) is 0. The Morgan fingerprint density at radius 2 is 2.06 bits per heavy atom. The van der Waals surface area contributed by atoms with Crippen molar-refractivity contribution in [3.8, 4) is 11.1 Å². The van der Waals surface area contributed by atoms with E-state index in [4.69, 9.17) is 16.7 Å². The minimum atomic E-state index is -1.07. The lowest BCUT2D eigenvalue weighted by Gasteiger charge is -2.00. The number of carboxylic acid groups (broad SMARTS) is 1. The number of rotatable bonds is 3. The zero-order chi connectivity index (χ0) is 12.4. The second kappa shape index (κ2) is 4.59. The van der Waals surface area contributed by atoms with Crippen molar-refractivity contribution in [1.29, 1.82) is 0 Å². The Labute approximate surface area is 103 Å². The SMILES string of the molecule is CCn1nc(C(=O)O)c(-c2ccccc2)c1Cl. The lowest BCUT2D eigenvalue weighted by molar-refractivity contribution is 0.0690. The lowest BCUT2D eigenvalue weighted by Crippen LogP contribution is -2.02. The van der Waals surface area contributed by atoms with Crippen molar-refractivity contribution >= 4 is 17.6 Å². The monoisotopic (exact) mass is 250 g/mol. The highest BCUT2D eigenvalue weighted by atomic mass is 35.5. The van der Waals surface area contributed by atoms with Gasteiger partial charge in [-0.3, -0.25) is 4.68 Å². The molecule has 0 aliphatic rings. The minimum absolute atomic E-state index is 0.0111. The summed E-state index contributed by atoms with van der Waals surface area (Å²) >= 11 is 6.15. The quantitative estimate of drug-likeness (QED) is 0.911. The molecule has 0 aliphatic carbocycles. The maximum Gasteiger partial charge on any atom is 0.357 e. The smallest absolute Gasteiger partial charge is 0.357 e. The van der Waals surface area contributed by atoms with Crippen molar-refractivity contribution in [2.24, 2.45) is 0 Å². The number of carboxylic acids is 1. The molecule has 0 spiro atoms. The molecule has 88 valence electrons. The largest absolute Gasteiger partial charge is 0.476 e.